The smallest absolute Gasteiger partial charge is 0.260 e. The number of nitriles is 1. The first-order chi connectivity index (χ1) is 13.9. The van der Waals surface area contributed by atoms with Crippen LogP contribution in [0.4, 0.5) is 4.39 Å². The fraction of sp³-hybridized carbons (Fsp3) is 0.318. The number of piperidine rings is 1. The topological polar surface area (TPSA) is 70.4 Å². The second kappa shape index (κ2) is 9.06. The number of aldehydes is 1. The Labute approximate surface area is 173 Å². The number of hydrogen-bond donors (Lipinski definition) is 0. The maximum Gasteiger partial charge on any atom is 0.260 e. The number of hydrogen-bond acceptors (Lipinski definition) is 4. The molecule has 2 aromatic rings. The Bertz CT molecular complexity index is 932. The van der Waals surface area contributed by atoms with E-state index in [1.54, 1.807) is 29.2 Å². The van der Waals surface area contributed by atoms with Crippen molar-refractivity contribution in [2.75, 3.05) is 19.7 Å². The average molecular weight is 415 g/mol. The van der Waals surface area contributed by atoms with E-state index in [1.807, 2.05) is 0 Å². The SMILES string of the molecule is N#CC1(Cc2ccc(F)cc2)CCN(C(=O)COc2ccc(Cl)cc2C=O)CC1. The standard InChI is InChI=1S/C22H20ClFN2O3/c23-18-3-6-20(17(11-18)13-27)29-14-21(28)26-9-7-22(15-25,8-10-26)12-16-1-4-19(24)5-2-16/h1-6,11,13H,7-10,12,14H2. The highest BCUT2D eigenvalue weighted by Crippen LogP contribution is 2.34. The molecule has 1 aliphatic rings. The van der Waals surface area contributed by atoms with Gasteiger partial charge in [0.1, 0.15) is 11.6 Å². The molecule has 0 spiro atoms. The number of rotatable bonds is 6. The molecule has 0 radical (unpaired) electrons. The zero-order chi connectivity index (χ0) is 20.9. The van der Waals surface area contributed by atoms with Gasteiger partial charge in [-0.3, -0.25) is 9.59 Å². The number of nitrogens with zero attached hydrogens (tertiary/aromatic N) is 2. The summed E-state index contributed by atoms with van der Waals surface area (Å²) in [6.45, 7) is 0.691. The molecule has 5 nitrogen and oxygen atoms in total. The van der Waals surface area contributed by atoms with Crippen LogP contribution in [0.5, 0.6) is 5.75 Å². The molecule has 1 amide bonds. The monoisotopic (exact) mass is 414 g/mol. The Hall–Kier alpha value is -2.91. The highest BCUT2D eigenvalue weighted by atomic mass is 35.5. The minimum absolute atomic E-state index is 0.194. The average Bonchev–Trinajstić information content (AvgIpc) is 2.74. The summed E-state index contributed by atoms with van der Waals surface area (Å²) in [6, 6.07) is 13.2. The summed E-state index contributed by atoms with van der Waals surface area (Å²) < 4.78 is 18.6. The maximum atomic E-state index is 13.1. The van der Waals surface area contributed by atoms with E-state index in [0.717, 1.165) is 5.56 Å². The van der Waals surface area contributed by atoms with Crippen molar-refractivity contribution >= 4 is 23.8 Å². The summed E-state index contributed by atoms with van der Waals surface area (Å²) in [5.41, 5.74) is 0.614. The summed E-state index contributed by atoms with van der Waals surface area (Å²) in [6.07, 6.45) is 2.22. The first-order valence-electron chi connectivity index (χ1n) is 9.26. The molecular weight excluding hydrogens is 395 g/mol. The normalized spacial score (nSPS) is 15.4. The van der Waals surface area contributed by atoms with Crippen LogP contribution in [0.2, 0.25) is 5.02 Å². The van der Waals surface area contributed by atoms with E-state index in [1.165, 1.54) is 18.2 Å². The van der Waals surface area contributed by atoms with Crippen molar-refractivity contribution in [2.24, 2.45) is 5.41 Å². The first kappa shape index (κ1) is 20.8. The maximum absolute atomic E-state index is 13.1. The molecular formula is C22H20ClFN2O3. The summed E-state index contributed by atoms with van der Waals surface area (Å²) >= 11 is 5.85. The highest BCUT2D eigenvalue weighted by Gasteiger charge is 2.36. The molecule has 1 aliphatic heterocycles. The van der Waals surface area contributed by atoms with Crippen LogP contribution >= 0.6 is 11.6 Å². The molecule has 1 fully saturated rings. The molecule has 150 valence electrons. The number of carbonyl (C=O) groups is 2. The lowest BCUT2D eigenvalue weighted by atomic mass is 9.75. The number of halogens is 2. The molecule has 29 heavy (non-hydrogen) atoms. The number of amides is 1. The Kier molecular flexibility index (Phi) is 6.50. The van der Waals surface area contributed by atoms with Gasteiger partial charge in [-0.25, -0.2) is 4.39 Å². The predicted molar refractivity (Wildman–Crippen MR) is 106 cm³/mol. The molecule has 0 unspecified atom stereocenters. The van der Waals surface area contributed by atoms with Gasteiger partial charge in [0.2, 0.25) is 0 Å². The lowest BCUT2D eigenvalue weighted by molar-refractivity contribution is -0.135. The highest BCUT2D eigenvalue weighted by molar-refractivity contribution is 6.30. The van der Waals surface area contributed by atoms with Crippen molar-refractivity contribution in [2.45, 2.75) is 19.3 Å². The number of likely N-dealkylation sites (tertiary alicyclic amines) is 1. The molecule has 0 aliphatic carbocycles. The van der Waals surface area contributed by atoms with Gasteiger partial charge in [0.05, 0.1) is 17.0 Å². The van der Waals surface area contributed by atoms with Gasteiger partial charge in [-0.15, -0.1) is 0 Å². The molecule has 1 saturated heterocycles. The van der Waals surface area contributed by atoms with E-state index in [9.17, 15) is 19.2 Å². The summed E-state index contributed by atoms with van der Waals surface area (Å²) in [7, 11) is 0. The zero-order valence-electron chi connectivity index (χ0n) is 15.7. The van der Waals surface area contributed by atoms with Crippen molar-refractivity contribution < 1.29 is 18.7 Å². The lowest BCUT2D eigenvalue weighted by Gasteiger charge is -2.37. The van der Waals surface area contributed by atoms with E-state index >= 15 is 0 Å². The van der Waals surface area contributed by atoms with Crippen molar-refractivity contribution in [3.05, 3.63) is 64.4 Å². The van der Waals surface area contributed by atoms with Gasteiger partial charge in [-0.1, -0.05) is 23.7 Å². The summed E-state index contributed by atoms with van der Waals surface area (Å²) in [5.74, 6) is -0.207. The summed E-state index contributed by atoms with van der Waals surface area (Å²) in [4.78, 5) is 25.3. The molecule has 0 aromatic heterocycles. The molecule has 0 bridgehead atoms. The van der Waals surface area contributed by atoms with Crippen LogP contribution in [0.3, 0.4) is 0 Å². The molecule has 7 heteroatoms. The Morgan fingerprint density at radius 1 is 1.24 bits per heavy atom. The van der Waals surface area contributed by atoms with Gasteiger partial charge in [0, 0.05) is 18.1 Å². The Morgan fingerprint density at radius 2 is 1.93 bits per heavy atom. The third-order valence-corrected chi connectivity index (χ3v) is 5.45. The van der Waals surface area contributed by atoms with Gasteiger partial charge in [-0.2, -0.15) is 5.26 Å². The van der Waals surface area contributed by atoms with Crippen molar-refractivity contribution in [1.82, 2.24) is 4.90 Å². The van der Waals surface area contributed by atoms with Gasteiger partial charge in [0.25, 0.3) is 5.91 Å². The van der Waals surface area contributed by atoms with Crippen LogP contribution < -0.4 is 4.74 Å². The molecule has 0 N–H and O–H groups in total. The summed E-state index contributed by atoms with van der Waals surface area (Å²) in [5, 5.41) is 10.1. The largest absolute Gasteiger partial charge is 0.483 e. The number of ether oxygens (including phenoxy) is 1. The van der Waals surface area contributed by atoms with Gasteiger partial charge in [-0.05, 0) is 55.2 Å². The van der Waals surface area contributed by atoms with Gasteiger partial charge < -0.3 is 9.64 Å². The van der Waals surface area contributed by atoms with Crippen molar-refractivity contribution in [3.8, 4) is 11.8 Å². The molecule has 0 saturated carbocycles. The molecule has 3 rings (SSSR count). The van der Waals surface area contributed by atoms with Gasteiger partial charge in [0.15, 0.2) is 12.9 Å². The third kappa shape index (κ3) is 5.12. The Morgan fingerprint density at radius 3 is 2.55 bits per heavy atom. The number of benzene rings is 2. The fourth-order valence-electron chi connectivity index (χ4n) is 3.48. The quantitative estimate of drug-likeness (QED) is 0.669. The van der Waals surface area contributed by atoms with E-state index in [-0.39, 0.29) is 23.9 Å². The van der Waals surface area contributed by atoms with Crippen LogP contribution in [-0.4, -0.2) is 36.8 Å². The van der Waals surface area contributed by atoms with Crippen LogP contribution in [0, 0.1) is 22.6 Å². The van der Waals surface area contributed by atoms with Gasteiger partial charge >= 0.3 is 0 Å². The van der Waals surface area contributed by atoms with Crippen LogP contribution in [0.25, 0.3) is 0 Å². The first-order valence-corrected chi connectivity index (χ1v) is 9.63. The second-order valence-corrected chi connectivity index (χ2v) is 7.60. The van der Waals surface area contributed by atoms with Crippen LogP contribution in [0.15, 0.2) is 42.5 Å². The van der Waals surface area contributed by atoms with Crippen molar-refractivity contribution in [3.63, 3.8) is 0 Å². The van der Waals surface area contributed by atoms with Crippen LogP contribution in [0.1, 0.15) is 28.8 Å². The predicted octanol–water partition coefficient (Wildman–Crippen LogP) is 4.05. The minimum Gasteiger partial charge on any atom is -0.483 e. The van der Waals surface area contributed by atoms with Crippen molar-refractivity contribution in [1.29, 1.82) is 5.26 Å². The lowest BCUT2D eigenvalue weighted by Crippen LogP contribution is -2.45. The van der Waals surface area contributed by atoms with Crippen LogP contribution in [-0.2, 0) is 11.2 Å². The Balaban J connectivity index is 1.56. The third-order valence-electron chi connectivity index (χ3n) is 5.22. The molecule has 2 aromatic carbocycles. The van der Waals surface area contributed by atoms with E-state index in [0.29, 0.717) is 49.4 Å². The van der Waals surface area contributed by atoms with E-state index < -0.39 is 5.41 Å². The second-order valence-electron chi connectivity index (χ2n) is 7.16. The molecule has 1 heterocycles. The minimum atomic E-state index is -0.573. The fourth-order valence-corrected chi connectivity index (χ4v) is 3.66. The molecule has 0 atom stereocenters. The van der Waals surface area contributed by atoms with E-state index in [2.05, 4.69) is 6.07 Å². The number of carbonyl (C=O) groups excluding carboxylic acids is 2. The van der Waals surface area contributed by atoms with E-state index in [4.69, 9.17) is 16.3 Å². The zero-order valence-corrected chi connectivity index (χ0v) is 16.5.